The van der Waals surface area contributed by atoms with E-state index in [4.69, 9.17) is 0 Å². The molecule has 0 radical (unpaired) electrons. The number of imidazole rings is 1. The zero-order valence-electron chi connectivity index (χ0n) is 19.6. The molecule has 3 heterocycles. The number of carbonyl (C=O) groups is 1. The number of nitrogens with one attached hydrogen (secondary N) is 2. The Kier molecular flexibility index (Phi) is 7.50. The minimum absolute atomic E-state index is 0.0325. The van der Waals surface area contributed by atoms with Gasteiger partial charge < -0.3 is 19.5 Å². The van der Waals surface area contributed by atoms with E-state index in [2.05, 4.69) is 38.1 Å². The summed E-state index contributed by atoms with van der Waals surface area (Å²) in [5.74, 6) is 0.568. The molecule has 0 spiro atoms. The van der Waals surface area contributed by atoms with Gasteiger partial charge in [-0.2, -0.15) is 0 Å². The molecule has 2 aliphatic rings. The quantitative estimate of drug-likeness (QED) is 0.412. The van der Waals surface area contributed by atoms with E-state index in [1.54, 1.807) is 6.20 Å². The number of carbonyl (C=O) groups excluding carboxylic acids is 1. The van der Waals surface area contributed by atoms with Gasteiger partial charge in [0.1, 0.15) is 11.5 Å². The maximum Gasteiger partial charge on any atom is 0.271 e. The van der Waals surface area contributed by atoms with Crippen LogP contribution in [0.2, 0.25) is 0 Å². The number of rotatable bonds is 8. The van der Waals surface area contributed by atoms with Crippen LogP contribution in [0, 0.1) is 0 Å². The van der Waals surface area contributed by atoms with E-state index in [1.807, 2.05) is 41.0 Å². The monoisotopic (exact) mass is 493 g/mol. The van der Waals surface area contributed by atoms with Crippen LogP contribution in [0.5, 0.6) is 0 Å². The number of β-amino-alcohol motifs (C(OH)–C–C–N with tert-alkyl or cyclic N) is 1. The van der Waals surface area contributed by atoms with Crippen molar-refractivity contribution in [3.05, 3.63) is 83.4 Å². The van der Waals surface area contributed by atoms with E-state index in [9.17, 15) is 14.5 Å². The topological polar surface area (TPSA) is 105 Å². The van der Waals surface area contributed by atoms with Gasteiger partial charge in [0, 0.05) is 45.3 Å². The van der Waals surface area contributed by atoms with Gasteiger partial charge in [-0.3, -0.25) is 9.69 Å². The highest BCUT2D eigenvalue weighted by atomic mass is 32.2. The summed E-state index contributed by atoms with van der Waals surface area (Å²) in [7, 11) is 0. The minimum Gasteiger partial charge on any atom is -0.593 e. The maximum atomic E-state index is 12.7. The van der Waals surface area contributed by atoms with Gasteiger partial charge in [-0.1, -0.05) is 42.5 Å². The molecule has 0 fully saturated rings. The molecule has 184 valence electrons. The summed E-state index contributed by atoms with van der Waals surface area (Å²) in [6, 6.07) is 17.8. The fourth-order valence-electron chi connectivity index (χ4n) is 4.79. The second-order valence-corrected chi connectivity index (χ2v) is 10.5. The van der Waals surface area contributed by atoms with Gasteiger partial charge in [-0.25, -0.2) is 4.98 Å². The Hall–Kier alpha value is -2.69. The fourth-order valence-corrected chi connectivity index (χ4v) is 5.82. The number of aryl methyl sites for hydroxylation is 1. The minimum atomic E-state index is -1.28. The van der Waals surface area contributed by atoms with Crippen LogP contribution in [-0.2, 0) is 37.3 Å². The maximum absolute atomic E-state index is 12.7. The van der Waals surface area contributed by atoms with Gasteiger partial charge in [0.15, 0.2) is 4.90 Å². The third-order valence-corrected chi connectivity index (χ3v) is 7.88. The Morgan fingerprint density at radius 1 is 1.14 bits per heavy atom. The number of aliphatic hydroxyl groups excluding tert-OH is 1. The molecule has 0 saturated heterocycles. The molecule has 0 bridgehead atoms. The highest BCUT2D eigenvalue weighted by Gasteiger charge is 2.26. The van der Waals surface area contributed by atoms with Crippen molar-refractivity contribution in [2.24, 2.45) is 0 Å². The molecule has 1 aromatic heterocycles. The molecule has 8 nitrogen and oxygen atoms in total. The van der Waals surface area contributed by atoms with Gasteiger partial charge in [0.05, 0.1) is 23.5 Å². The molecule has 3 unspecified atom stereocenters. The van der Waals surface area contributed by atoms with Gasteiger partial charge >= 0.3 is 0 Å². The molecule has 9 heteroatoms. The Bertz CT molecular complexity index is 1150. The number of hydrogen-bond donors (Lipinski definition) is 3. The van der Waals surface area contributed by atoms with Crippen LogP contribution in [0.4, 0.5) is 0 Å². The lowest BCUT2D eigenvalue weighted by molar-refractivity contribution is 0.0838. The van der Waals surface area contributed by atoms with Gasteiger partial charge in [-0.15, -0.1) is 4.72 Å². The Morgan fingerprint density at radius 3 is 2.74 bits per heavy atom. The van der Waals surface area contributed by atoms with Crippen molar-refractivity contribution in [3.63, 3.8) is 0 Å². The molecular weight excluding hydrogens is 462 g/mol. The molecule has 5 rings (SSSR count). The number of aromatic nitrogens is 2. The molecule has 2 aliphatic heterocycles. The van der Waals surface area contributed by atoms with Crippen LogP contribution >= 0.6 is 0 Å². The van der Waals surface area contributed by atoms with Crippen molar-refractivity contribution in [2.75, 3.05) is 19.6 Å². The summed E-state index contributed by atoms with van der Waals surface area (Å²) in [5.41, 5.74) is 3.03. The largest absolute Gasteiger partial charge is 0.593 e. The van der Waals surface area contributed by atoms with E-state index >= 15 is 0 Å². The molecule has 0 saturated carbocycles. The summed E-state index contributed by atoms with van der Waals surface area (Å²) in [5, 5.41) is 13.3. The van der Waals surface area contributed by atoms with Crippen LogP contribution in [-0.4, -0.2) is 61.8 Å². The van der Waals surface area contributed by atoms with Crippen molar-refractivity contribution in [3.8, 4) is 0 Å². The SMILES string of the molecule is O=C(NCC(O)CN1CCc2ccccc2C1)c1cn2c(n1)CCC(N[S+]([O-])c1ccccc1)C2. The molecular formula is C26H31N5O3S. The number of aliphatic hydroxyl groups is 1. The first-order valence-electron chi connectivity index (χ1n) is 12.1. The highest BCUT2D eigenvalue weighted by molar-refractivity contribution is 7.89. The third kappa shape index (κ3) is 5.94. The predicted octanol–water partition coefficient (Wildman–Crippen LogP) is 1.66. The van der Waals surface area contributed by atoms with Crippen molar-refractivity contribution >= 4 is 17.3 Å². The zero-order valence-corrected chi connectivity index (χ0v) is 20.4. The average Bonchev–Trinajstić information content (AvgIpc) is 3.31. The van der Waals surface area contributed by atoms with Crippen LogP contribution in [0.15, 0.2) is 65.7 Å². The number of amides is 1. The molecule has 0 aliphatic carbocycles. The number of fused-ring (bicyclic) bond motifs is 2. The summed E-state index contributed by atoms with van der Waals surface area (Å²) in [4.78, 5) is 20.2. The van der Waals surface area contributed by atoms with Gasteiger partial charge in [0.2, 0.25) is 0 Å². The molecule has 3 atom stereocenters. The molecule has 3 aromatic rings. The summed E-state index contributed by atoms with van der Waals surface area (Å²) in [6.45, 7) is 3.02. The van der Waals surface area contributed by atoms with Crippen molar-refractivity contribution < 1.29 is 14.5 Å². The number of benzene rings is 2. The Morgan fingerprint density at radius 2 is 1.91 bits per heavy atom. The van der Waals surface area contributed by atoms with Crippen LogP contribution in [0.25, 0.3) is 0 Å². The van der Waals surface area contributed by atoms with Crippen molar-refractivity contribution in [1.82, 2.24) is 24.5 Å². The normalized spacial score (nSPS) is 19.4. The molecule has 35 heavy (non-hydrogen) atoms. The lowest BCUT2D eigenvalue weighted by Gasteiger charge is -2.30. The van der Waals surface area contributed by atoms with Crippen LogP contribution < -0.4 is 10.0 Å². The Balaban J connectivity index is 1.10. The summed E-state index contributed by atoms with van der Waals surface area (Å²) < 4.78 is 17.7. The molecule has 3 N–H and O–H groups in total. The second-order valence-electron chi connectivity index (χ2n) is 9.25. The first-order chi connectivity index (χ1) is 17.0. The standard InChI is InChI=1S/C26H31N5O3S/c32-22(17-30-13-12-19-6-4-5-7-20(19)15-30)14-27-26(33)24-18-31-16-21(10-11-25(31)28-24)29-35(34)23-8-2-1-3-9-23/h1-9,18,21-22,29,32H,10-17H2,(H,27,33). The number of hydrogen-bond acceptors (Lipinski definition) is 6. The van der Waals surface area contributed by atoms with Crippen molar-refractivity contribution in [1.29, 1.82) is 0 Å². The first kappa shape index (κ1) is 24.0. The van der Waals surface area contributed by atoms with E-state index in [1.165, 1.54) is 11.1 Å². The van der Waals surface area contributed by atoms with Crippen LogP contribution in [0.3, 0.4) is 0 Å². The summed E-state index contributed by atoms with van der Waals surface area (Å²) in [6.07, 6.45) is 3.58. The molecule has 2 aromatic carbocycles. The summed E-state index contributed by atoms with van der Waals surface area (Å²) >= 11 is -1.28. The number of nitrogens with zero attached hydrogens (tertiary/aromatic N) is 3. The Labute approximate surface area is 208 Å². The average molecular weight is 494 g/mol. The second kappa shape index (κ2) is 10.9. The van der Waals surface area contributed by atoms with E-state index < -0.39 is 17.5 Å². The lowest BCUT2D eigenvalue weighted by Crippen LogP contribution is -2.42. The first-order valence-corrected chi connectivity index (χ1v) is 13.2. The van der Waals surface area contributed by atoms with E-state index in [-0.39, 0.29) is 18.5 Å². The third-order valence-electron chi connectivity index (χ3n) is 6.63. The zero-order chi connectivity index (χ0) is 24.2. The van der Waals surface area contributed by atoms with E-state index in [0.717, 1.165) is 36.7 Å². The van der Waals surface area contributed by atoms with Crippen molar-refractivity contribution in [2.45, 2.75) is 49.4 Å². The van der Waals surface area contributed by atoms with Crippen LogP contribution in [0.1, 0.15) is 33.9 Å². The molecule has 1 amide bonds. The van der Waals surface area contributed by atoms with Gasteiger partial charge in [-0.05, 0) is 36.1 Å². The smallest absolute Gasteiger partial charge is 0.271 e. The highest BCUT2D eigenvalue weighted by Crippen LogP contribution is 2.19. The van der Waals surface area contributed by atoms with Gasteiger partial charge in [0.25, 0.3) is 5.91 Å². The predicted molar refractivity (Wildman–Crippen MR) is 134 cm³/mol. The fraction of sp³-hybridized carbons (Fsp3) is 0.385. The lowest BCUT2D eigenvalue weighted by atomic mass is 10.00. The van der Waals surface area contributed by atoms with E-state index in [0.29, 0.717) is 25.2 Å².